The first-order chi connectivity index (χ1) is 29.5. The number of hydrogen-bond acceptors (Lipinski definition) is 3. The molecule has 0 bridgehead atoms. The lowest BCUT2D eigenvalue weighted by Crippen LogP contribution is -2.15. The molecule has 0 unspecified atom stereocenters. The van der Waals surface area contributed by atoms with E-state index in [1.807, 2.05) is 12.1 Å². The summed E-state index contributed by atoms with van der Waals surface area (Å²) in [6.45, 7) is 4.67. The van der Waals surface area contributed by atoms with Gasteiger partial charge in [-0.15, -0.1) is 0 Å². The molecule has 3 heteroatoms. The molecule has 1 aromatic heterocycles. The monoisotopic (exact) mass is 770 g/mol. The summed E-state index contributed by atoms with van der Waals surface area (Å²) in [5.74, 6) is 0. The second-order valence-electron chi connectivity index (χ2n) is 16.2. The number of furan rings is 1. The van der Waals surface area contributed by atoms with Crippen molar-refractivity contribution in [3.05, 3.63) is 230 Å². The number of fused-ring (bicyclic) bond motifs is 6. The maximum absolute atomic E-state index is 6.15. The Balaban J connectivity index is 0.874. The highest BCUT2D eigenvalue weighted by Gasteiger charge is 2.35. The van der Waals surface area contributed by atoms with E-state index in [2.05, 4.69) is 230 Å². The number of rotatable bonds is 8. The van der Waals surface area contributed by atoms with Crippen LogP contribution < -0.4 is 9.80 Å². The van der Waals surface area contributed by atoms with E-state index in [0.29, 0.717) is 0 Å². The Labute approximate surface area is 351 Å². The summed E-state index contributed by atoms with van der Waals surface area (Å²) in [7, 11) is 0. The van der Waals surface area contributed by atoms with E-state index in [9.17, 15) is 0 Å². The topological polar surface area (TPSA) is 19.6 Å². The summed E-state index contributed by atoms with van der Waals surface area (Å²) in [6.07, 6.45) is 0. The molecule has 11 rings (SSSR count). The number of hydrogen-bond donors (Lipinski definition) is 0. The van der Waals surface area contributed by atoms with Gasteiger partial charge in [-0.2, -0.15) is 0 Å². The van der Waals surface area contributed by atoms with Crippen molar-refractivity contribution in [2.45, 2.75) is 19.3 Å². The molecule has 0 spiro atoms. The van der Waals surface area contributed by atoms with Gasteiger partial charge in [-0.1, -0.05) is 147 Å². The Kier molecular flexibility index (Phi) is 8.49. The van der Waals surface area contributed by atoms with E-state index in [0.717, 1.165) is 56.1 Å². The van der Waals surface area contributed by atoms with Crippen LogP contribution in [0.5, 0.6) is 0 Å². The van der Waals surface area contributed by atoms with Gasteiger partial charge in [0.1, 0.15) is 11.2 Å². The van der Waals surface area contributed by atoms with E-state index in [1.165, 1.54) is 44.5 Å². The fraction of sp³-hybridized carbons (Fsp3) is 0.0526. The van der Waals surface area contributed by atoms with Crippen molar-refractivity contribution < 1.29 is 4.42 Å². The van der Waals surface area contributed by atoms with E-state index in [-0.39, 0.29) is 5.41 Å². The molecule has 0 fully saturated rings. The summed E-state index contributed by atoms with van der Waals surface area (Å²) in [4.78, 5) is 4.67. The SMILES string of the molecule is CC1(C)c2ccccc2-c2cc(N(c3ccccc3)c3ccc(-c4ccc(-c5ccc(N(c6ccccc6)c6ccc7oc8ccccc8c7c6)cc5)cc4)cc3)ccc21. The average Bonchev–Trinajstić information content (AvgIpc) is 3.79. The molecule has 1 aliphatic rings. The summed E-state index contributed by atoms with van der Waals surface area (Å²) in [5, 5.41) is 2.23. The van der Waals surface area contributed by atoms with Crippen LogP contribution in [0.3, 0.4) is 0 Å². The molecule has 1 aliphatic carbocycles. The van der Waals surface area contributed by atoms with Gasteiger partial charge in [0.25, 0.3) is 0 Å². The minimum atomic E-state index is -0.0281. The fourth-order valence-corrected chi connectivity index (χ4v) is 9.21. The van der Waals surface area contributed by atoms with Gasteiger partial charge in [0.15, 0.2) is 0 Å². The number of nitrogens with zero attached hydrogens (tertiary/aromatic N) is 2. The molecule has 0 atom stereocenters. The van der Waals surface area contributed by atoms with Crippen molar-refractivity contribution >= 4 is 56.1 Å². The highest BCUT2D eigenvalue weighted by Crippen LogP contribution is 2.50. The van der Waals surface area contributed by atoms with Gasteiger partial charge in [-0.05, 0) is 129 Å². The van der Waals surface area contributed by atoms with Gasteiger partial charge in [0, 0.05) is 50.3 Å². The Morgan fingerprint density at radius 2 is 0.733 bits per heavy atom. The Morgan fingerprint density at radius 3 is 1.33 bits per heavy atom. The zero-order valence-corrected chi connectivity index (χ0v) is 33.6. The maximum atomic E-state index is 6.15. The lowest BCUT2D eigenvalue weighted by Gasteiger charge is -2.27. The largest absolute Gasteiger partial charge is 0.456 e. The van der Waals surface area contributed by atoms with Gasteiger partial charge < -0.3 is 14.2 Å². The lowest BCUT2D eigenvalue weighted by atomic mass is 9.82. The van der Waals surface area contributed by atoms with Crippen molar-refractivity contribution in [3.63, 3.8) is 0 Å². The molecule has 9 aromatic carbocycles. The van der Waals surface area contributed by atoms with Crippen LogP contribution in [0.1, 0.15) is 25.0 Å². The van der Waals surface area contributed by atoms with Crippen LogP contribution >= 0.6 is 0 Å². The van der Waals surface area contributed by atoms with Crippen LogP contribution in [-0.2, 0) is 5.41 Å². The molecule has 0 aliphatic heterocycles. The Morgan fingerprint density at radius 1 is 0.317 bits per heavy atom. The minimum absolute atomic E-state index is 0.0281. The molecular weight excluding hydrogens is 729 g/mol. The van der Waals surface area contributed by atoms with Crippen LogP contribution in [0.25, 0.3) is 55.3 Å². The molecule has 0 saturated carbocycles. The predicted octanol–water partition coefficient (Wildman–Crippen LogP) is 16.2. The van der Waals surface area contributed by atoms with Crippen molar-refractivity contribution in [2.75, 3.05) is 9.80 Å². The molecule has 60 heavy (non-hydrogen) atoms. The van der Waals surface area contributed by atoms with Crippen LogP contribution in [0.15, 0.2) is 223 Å². The number of para-hydroxylation sites is 3. The number of anilines is 6. The van der Waals surface area contributed by atoms with Crippen LogP contribution in [0.4, 0.5) is 34.1 Å². The Hall–Kier alpha value is -7.62. The summed E-state index contributed by atoms with van der Waals surface area (Å²) in [6, 6.07) is 78.5. The smallest absolute Gasteiger partial charge is 0.135 e. The molecule has 3 nitrogen and oxygen atoms in total. The first-order valence-corrected chi connectivity index (χ1v) is 20.7. The molecule has 1 heterocycles. The first-order valence-electron chi connectivity index (χ1n) is 20.7. The molecule has 10 aromatic rings. The summed E-state index contributed by atoms with van der Waals surface area (Å²) >= 11 is 0. The van der Waals surface area contributed by atoms with Gasteiger partial charge in [-0.25, -0.2) is 0 Å². The third kappa shape index (κ3) is 6.06. The van der Waals surface area contributed by atoms with Crippen LogP contribution in [-0.4, -0.2) is 0 Å². The molecule has 0 saturated heterocycles. The normalized spacial score (nSPS) is 12.6. The quantitative estimate of drug-likeness (QED) is 0.153. The maximum Gasteiger partial charge on any atom is 0.135 e. The van der Waals surface area contributed by atoms with Crippen molar-refractivity contribution in [2.24, 2.45) is 0 Å². The van der Waals surface area contributed by atoms with Gasteiger partial charge in [0.2, 0.25) is 0 Å². The fourth-order valence-electron chi connectivity index (χ4n) is 9.21. The van der Waals surface area contributed by atoms with Crippen molar-refractivity contribution in [1.29, 1.82) is 0 Å². The highest BCUT2D eigenvalue weighted by atomic mass is 16.3. The zero-order chi connectivity index (χ0) is 40.2. The number of benzene rings is 9. The summed E-state index contributed by atoms with van der Waals surface area (Å²) < 4.78 is 6.15. The van der Waals surface area contributed by atoms with Gasteiger partial charge >= 0.3 is 0 Å². The molecule has 286 valence electrons. The zero-order valence-electron chi connectivity index (χ0n) is 33.6. The Bertz CT molecular complexity index is 3150. The molecule has 0 radical (unpaired) electrons. The standard InChI is InChI=1S/C57H42N2O/c1-57(2)53-19-11-9-17-49(53)51-37-47(33-35-54(51)57)58(43-13-5-3-6-14-43)45-29-25-41(26-30-45)39-21-23-40(24-22-39)42-27-31-46(32-28-42)59(44-15-7-4-8-16-44)48-34-36-56-52(38-48)50-18-10-12-20-55(50)60-56/h3-38H,1-2H3. The van der Waals surface area contributed by atoms with Crippen molar-refractivity contribution in [1.82, 2.24) is 0 Å². The van der Waals surface area contributed by atoms with Gasteiger partial charge in [0.05, 0.1) is 0 Å². The lowest BCUT2D eigenvalue weighted by molar-refractivity contribution is 0.660. The van der Waals surface area contributed by atoms with Crippen LogP contribution in [0.2, 0.25) is 0 Å². The molecule has 0 N–H and O–H groups in total. The second-order valence-corrected chi connectivity index (χ2v) is 16.2. The third-order valence-corrected chi connectivity index (χ3v) is 12.3. The first kappa shape index (κ1) is 35.5. The van der Waals surface area contributed by atoms with E-state index >= 15 is 0 Å². The highest BCUT2D eigenvalue weighted by molar-refractivity contribution is 6.06. The predicted molar refractivity (Wildman–Crippen MR) is 252 cm³/mol. The van der Waals surface area contributed by atoms with E-state index in [1.54, 1.807) is 0 Å². The van der Waals surface area contributed by atoms with Gasteiger partial charge in [-0.3, -0.25) is 0 Å². The third-order valence-electron chi connectivity index (χ3n) is 12.3. The molecule has 0 amide bonds. The minimum Gasteiger partial charge on any atom is -0.456 e. The average molecular weight is 771 g/mol. The van der Waals surface area contributed by atoms with E-state index in [4.69, 9.17) is 4.42 Å². The summed E-state index contributed by atoms with van der Waals surface area (Å²) in [5.41, 5.74) is 18.6. The van der Waals surface area contributed by atoms with Crippen molar-refractivity contribution in [3.8, 4) is 33.4 Å². The van der Waals surface area contributed by atoms with Crippen LogP contribution in [0, 0.1) is 0 Å². The molecular formula is C57H42N2O. The van der Waals surface area contributed by atoms with E-state index < -0.39 is 0 Å². The second kappa shape index (κ2) is 14.3.